The van der Waals surface area contributed by atoms with Gasteiger partial charge in [0, 0.05) is 30.0 Å². The van der Waals surface area contributed by atoms with Crippen molar-refractivity contribution >= 4 is 22.4 Å². The summed E-state index contributed by atoms with van der Waals surface area (Å²) in [6.07, 6.45) is 0.911. The summed E-state index contributed by atoms with van der Waals surface area (Å²) in [6, 6.07) is 5.48. The second-order valence-electron chi connectivity index (χ2n) is 4.84. The van der Waals surface area contributed by atoms with Crippen molar-refractivity contribution < 1.29 is 9.18 Å². The third-order valence-corrected chi connectivity index (χ3v) is 4.25. The number of aromatic nitrogens is 1. The van der Waals surface area contributed by atoms with E-state index >= 15 is 0 Å². The highest BCUT2D eigenvalue weighted by molar-refractivity contribution is 7.15. The number of benzene rings is 1. The zero-order valence-corrected chi connectivity index (χ0v) is 11.8. The number of nitrogens with one attached hydrogen (secondary N) is 1. The van der Waals surface area contributed by atoms with E-state index in [-0.39, 0.29) is 11.7 Å². The Morgan fingerprint density at radius 1 is 1.40 bits per heavy atom. The summed E-state index contributed by atoms with van der Waals surface area (Å²) in [4.78, 5) is 19.9. The van der Waals surface area contributed by atoms with Gasteiger partial charge in [0.25, 0.3) is 5.91 Å². The molecule has 0 aliphatic carbocycles. The van der Waals surface area contributed by atoms with Crippen molar-refractivity contribution in [1.82, 2.24) is 9.88 Å². The fourth-order valence-corrected chi connectivity index (χ4v) is 3.23. The molecule has 2 aromatic rings. The van der Waals surface area contributed by atoms with Crippen LogP contribution in [0.2, 0.25) is 0 Å². The molecular formula is C14H14FN3OS. The van der Waals surface area contributed by atoms with E-state index in [1.54, 1.807) is 0 Å². The van der Waals surface area contributed by atoms with Gasteiger partial charge < -0.3 is 4.90 Å². The van der Waals surface area contributed by atoms with Gasteiger partial charge in [-0.2, -0.15) is 0 Å². The summed E-state index contributed by atoms with van der Waals surface area (Å²) in [7, 11) is 2.07. The summed E-state index contributed by atoms with van der Waals surface area (Å²) in [5, 5.41) is 3.39. The maximum atomic E-state index is 12.8. The standard InChI is InChI=1S/C14H14FN3OS/c1-18-7-6-11-12(8-18)20-14(16-11)17-13(19)9-2-4-10(15)5-3-9/h2-5H,6-8H2,1H3,(H,16,17,19). The highest BCUT2D eigenvalue weighted by Gasteiger charge is 2.19. The van der Waals surface area contributed by atoms with Gasteiger partial charge in [0.15, 0.2) is 5.13 Å². The van der Waals surface area contributed by atoms with Gasteiger partial charge >= 0.3 is 0 Å². The molecule has 0 atom stereocenters. The molecule has 0 bridgehead atoms. The first-order chi connectivity index (χ1) is 9.61. The number of halogens is 1. The van der Waals surface area contributed by atoms with Gasteiger partial charge in [-0.15, -0.1) is 11.3 Å². The summed E-state index contributed by atoms with van der Waals surface area (Å²) < 4.78 is 12.8. The third-order valence-electron chi connectivity index (χ3n) is 3.25. The molecule has 1 aliphatic heterocycles. The van der Waals surface area contributed by atoms with E-state index < -0.39 is 0 Å². The average molecular weight is 291 g/mol. The molecule has 1 aromatic carbocycles. The largest absolute Gasteiger partial charge is 0.301 e. The molecule has 20 heavy (non-hydrogen) atoms. The van der Waals surface area contributed by atoms with Crippen LogP contribution in [0.5, 0.6) is 0 Å². The second-order valence-corrected chi connectivity index (χ2v) is 5.92. The van der Waals surface area contributed by atoms with E-state index in [0.29, 0.717) is 10.7 Å². The van der Waals surface area contributed by atoms with Crippen molar-refractivity contribution in [3.63, 3.8) is 0 Å². The van der Waals surface area contributed by atoms with Crippen LogP contribution in [0.4, 0.5) is 9.52 Å². The summed E-state index contributed by atoms with van der Waals surface area (Å²) >= 11 is 1.51. The molecule has 0 unspecified atom stereocenters. The number of anilines is 1. The van der Waals surface area contributed by atoms with Crippen molar-refractivity contribution in [1.29, 1.82) is 0 Å². The van der Waals surface area contributed by atoms with E-state index in [1.807, 2.05) is 0 Å². The predicted molar refractivity (Wildman–Crippen MR) is 76.5 cm³/mol. The number of fused-ring (bicyclic) bond motifs is 1. The Morgan fingerprint density at radius 3 is 2.90 bits per heavy atom. The number of thiazole rings is 1. The van der Waals surface area contributed by atoms with Crippen LogP contribution in [-0.2, 0) is 13.0 Å². The molecule has 3 rings (SSSR count). The normalized spacial score (nSPS) is 14.9. The van der Waals surface area contributed by atoms with Crippen LogP contribution in [0.15, 0.2) is 24.3 Å². The molecule has 6 heteroatoms. The minimum absolute atomic E-state index is 0.260. The van der Waals surface area contributed by atoms with Crippen molar-refractivity contribution in [3.05, 3.63) is 46.2 Å². The molecule has 4 nitrogen and oxygen atoms in total. The highest BCUT2D eigenvalue weighted by Crippen LogP contribution is 2.27. The van der Waals surface area contributed by atoms with Crippen molar-refractivity contribution in [2.75, 3.05) is 18.9 Å². The predicted octanol–water partition coefficient (Wildman–Crippen LogP) is 2.52. The summed E-state index contributed by atoms with van der Waals surface area (Å²) in [5.41, 5.74) is 1.50. The molecule has 1 N–H and O–H groups in total. The molecule has 1 aromatic heterocycles. The quantitative estimate of drug-likeness (QED) is 0.924. The van der Waals surface area contributed by atoms with Crippen LogP contribution in [0.3, 0.4) is 0 Å². The maximum absolute atomic E-state index is 12.8. The zero-order chi connectivity index (χ0) is 14.1. The molecule has 2 heterocycles. The smallest absolute Gasteiger partial charge is 0.257 e. The minimum Gasteiger partial charge on any atom is -0.301 e. The Hall–Kier alpha value is -1.79. The molecule has 0 saturated heterocycles. The van der Waals surface area contributed by atoms with Crippen LogP contribution < -0.4 is 5.32 Å². The summed E-state index contributed by atoms with van der Waals surface area (Å²) in [6.45, 7) is 1.86. The first kappa shape index (κ1) is 13.2. The lowest BCUT2D eigenvalue weighted by molar-refractivity contribution is 0.102. The number of amides is 1. The Morgan fingerprint density at radius 2 is 2.15 bits per heavy atom. The Kier molecular flexibility index (Phi) is 3.50. The molecule has 1 aliphatic rings. The van der Waals surface area contributed by atoms with Gasteiger partial charge in [0.2, 0.25) is 0 Å². The fourth-order valence-electron chi connectivity index (χ4n) is 2.15. The van der Waals surface area contributed by atoms with Gasteiger partial charge in [0.05, 0.1) is 5.69 Å². The highest BCUT2D eigenvalue weighted by atomic mass is 32.1. The van der Waals surface area contributed by atoms with E-state index in [9.17, 15) is 9.18 Å². The Balaban J connectivity index is 1.75. The van der Waals surface area contributed by atoms with Gasteiger partial charge in [-0.1, -0.05) is 0 Å². The maximum Gasteiger partial charge on any atom is 0.257 e. The molecular weight excluding hydrogens is 277 g/mol. The SMILES string of the molecule is CN1CCc2nc(NC(=O)c3ccc(F)cc3)sc2C1. The first-order valence-corrected chi connectivity index (χ1v) is 7.17. The lowest BCUT2D eigenvalue weighted by atomic mass is 10.2. The lowest BCUT2D eigenvalue weighted by Crippen LogP contribution is -2.25. The molecule has 0 spiro atoms. The van der Waals surface area contributed by atoms with E-state index in [1.165, 1.54) is 40.5 Å². The third kappa shape index (κ3) is 2.71. The number of hydrogen-bond donors (Lipinski definition) is 1. The molecule has 1 amide bonds. The number of carbonyl (C=O) groups is 1. The van der Waals surface area contributed by atoms with Crippen LogP contribution in [0.25, 0.3) is 0 Å². The lowest BCUT2D eigenvalue weighted by Gasteiger charge is -2.20. The van der Waals surface area contributed by atoms with Gasteiger partial charge in [-0.3, -0.25) is 10.1 Å². The number of carbonyl (C=O) groups excluding carboxylic acids is 1. The van der Waals surface area contributed by atoms with E-state index in [0.717, 1.165) is 25.2 Å². The van der Waals surface area contributed by atoms with Crippen molar-refractivity contribution in [2.24, 2.45) is 0 Å². The minimum atomic E-state index is -0.353. The van der Waals surface area contributed by atoms with Crippen LogP contribution in [-0.4, -0.2) is 29.4 Å². The van der Waals surface area contributed by atoms with Crippen LogP contribution in [0.1, 0.15) is 20.9 Å². The zero-order valence-electron chi connectivity index (χ0n) is 11.0. The van der Waals surface area contributed by atoms with Crippen LogP contribution in [0, 0.1) is 5.82 Å². The summed E-state index contributed by atoms with van der Waals surface area (Å²) in [5.74, 6) is -0.612. The van der Waals surface area contributed by atoms with Gasteiger partial charge in [-0.05, 0) is 31.3 Å². The van der Waals surface area contributed by atoms with Gasteiger partial charge in [-0.25, -0.2) is 9.37 Å². The Bertz CT molecular complexity index is 638. The van der Waals surface area contributed by atoms with E-state index in [2.05, 4.69) is 22.2 Å². The topological polar surface area (TPSA) is 45.2 Å². The molecule has 0 saturated carbocycles. The number of likely N-dealkylation sites (N-methyl/N-ethyl adjacent to an activating group) is 1. The van der Waals surface area contributed by atoms with Crippen molar-refractivity contribution in [3.8, 4) is 0 Å². The number of hydrogen-bond acceptors (Lipinski definition) is 4. The van der Waals surface area contributed by atoms with Crippen LogP contribution >= 0.6 is 11.3 Å². The molecule has 104 valence electrons. The number of rotatable bonds is 2. The average Bonchev–Trinajstić information content (AvgIpc) is 2.80. The fraction of sp³-hybridized carbons (Fsp3) is 0.286. The molecule has 0 fully saturated rings. The molecule has 0 radical (unpaired) electrons. The first-order valence-electron chi connectivity index (χ1n) is 6.36. The second kappa shape index (κ2) is 5.30. The number of nitrogens with zero attached hydrogens (tertiary/aromatic N) is 2. The Labute approximate surface area is 120 Å². The monoisotopic (exact) mass is 291 g/mol. The van der Waals surface area contributed by atoms with E-state index in [4.69, 9.17) is 0 Å². The van der Waals surface area contributed by atoms with Gasteiger partial charge in [0.1, 0.15) is 5.82 Å². The van der Waals surface area contributed by atoms with Crippen molar-refractivity contribution in [2.45, 2.75) is 13.0 Å².